The molecule has 0 radical (unpaired) electrons. The molecule has 0 spiro atoms. The van der Waals surface area contributed by atoms with Crippen LogP contribution in [-0.2, 0) is 23.0 Å². The summed E-state index contributed by atoms with van der Waals surface area (Å²) in [4.78, 5) is 1.20. The summed E-state index contributed by atoms with van der Waals surface area (Å²) in [6.45, 7) is 0. The lowest BCUT2D eigenvalue weighted by molar-refractivity contribution is -0.154. The molecule has 0 saturated carbocycles. The Balaban J connectivity index is 0.942. The largest absolute Gasteiger partial charge is 0.397 e. The van der Waals surface area contributed by atoms with Crippen LogP contribution in [0.3, 0.4) is 0 Å². The number of thiophene rings is 2. The molecule has 60 heavy (non-hydrogen) atoms. The van der Waals surface area contributed by atoms with E-state index in [1.165, 1.54) is 51.0 Å². The average Bonchev–Trinajstić information content (AvgIpc) is 3.98. The summed E-state index contributed by atoms with van der Waals surface area (Å²) in [5.41, 5.74) is 3.45. The Labute approximate surface area is 368 Å². The molecular weight excluding hydrogens is 936 g/mol. The second-order valence-corrected chi connectivity index (χ2v) is 20.2. The van der Waals surface area contributed by atoms with E-state index in [4.69, 9.17) is 46.4 Å². The fraction of sp³-hybridized carbons (Fsp3) is 0.350. The highest BCUT2D eigenvalue weighted by Crippen LogP contribution is 2.52. The molecule has 0 amide bonds. The fourth-order valence-corrected chi connectivity index (χ4v) is 12.1. The number of alkyl halides is 6. The molecule has 20 heteroatoms. The van der Waals surface area contributed by atoms with Gasteiger partial charge in [-0.3, -0.25) is 4.55 Å². The number of hydrogen-bond acceptors (Lipinski definition) is 6. The van der Waals surface area contributed by atoms with Gasteiger partial charge in [-0.1, -0.05) is 84.9 Å². The second-order valence-electron chi connectivity index (χ2n) is 14.9. The lowest BCUT2D eigenvalue weighted by Gasteiger charge is -2.20. The Morgan fingerprint density at radius 1 is 0.667 bits per heavy atom. The van der Waals surface area contributed by atoms with Crippen molar-refractivity contribution >= 4 is 79.2 Å². The number of nitrogens with zero attached hydrogens (tertiary/aromatic N) is 4. The monoisotopic (exact) mass is 966 g/mol. The average molecular weight is 969 g/mol. The molecule has 4 heterocycles. The van der Waals surface area contributed by atoms with Gasteiger partial charge in [0.2, 0.25) is 0 Å². The number of aromatic nitrogens is 4. The molecule has 0 saturated heterocycles. The van der Waals surface area contributed by atoms with Crippen molar-refractivity contribution in [3.05, 3.63) is 108 Å². The third kappa shape index (κ3) is 8.39. The number of halogens is 10. The third-order valence-corrected chi connectivity index (χ3v) is 15.5. The first-order chi connectivity index (χ1) is 28.3. The van der Waals surface area contributed by atoms with Crippen LogP contribution in [0.4, 0.5) is 26.3 Å². The summed E-state index contributed by atoms with van der Waals surface area (Å²) < 4.78 is 125. The van der Waals surface area contributed by atoms with Crippen LogP contribution < -0.4 is 0 Å². The van der Waals surface area contributed by atoms with Gasteiger partial charge in [-0.15, -0.1) is 22.7 Å². The fourth-order valence-electron chi connectivity index (χ4n) is 8.20. The normalized spacial score (nSPS) is 14.7. The minimum absolute atomic E-state index is 0.0322. The quantitative estimate of drug-likeness (QED) is 0.0666. The summed E-state index contributed by atoms with van der Waals surface area (Å²) >= 11 is 27.3. The van der Waals surface area contributed by atoms with E-state index in [9.17, 15) is 39.3 Å². The molecule has 2 unspecified atom stereocenters. The molecule has 0 bridgehead atoms. The predicted octanol–water partition coefficient (Wildman–Crippen LogP) is 14.3. The Bertz CT molecular complexity index is 2720. The predicted molar refractivity (Wildman–Crippen MR) is 224 cm³/mol. The minimum Gasteiger partial charge on any atom is -0.281 e. The van der Waals surface area contributed by atoms with Crippen LogP contribution in [0, 0.1) is 0 Å². The van der Waals surface area contributed by atoms with E-state index >= 15 is 0 Å². The van der Waals surface area contributed by atoms with Crippen molar-refractivity contribution in [3.63, 3.8) is 0 Å². The van der Waals surface area contributed by atoms with E-state index < -0.39 is 34.3 Å². The van der Waals surface area contributed by atoms with Crippen LogP contribution in [0.5, 0.6) is 0 Å². The lowest BCUT2D eigenvalue weighted by atomic mass is 9.92. The maximum absolute atomic E-state index is 14.8. The number of benzene rings is 2. The van der Waals surface area contributed by atoms with Gasteiger partial charge < -0.3 is 0 Å². The third-order valence-electron chi connectivity index (χ3n) is 10.9. The van der Waals surface area contributed by atoms with Crippen LogP contribution >= 0.6 is 69.1 Å². The van der Waals surface area contributed by atoms with E-state index in [0.717, 1.165) is 21.8 Å². The van der Waals surface area contributed by atoms with Crippen molar-refractivity contribution in [2.75, 3.05) is 0 Å². The molecule has 8 rings (SSSR count). The molecule has 1 N–H and O–H groups in total. The molecule has 2 aliphatic rings. The van der Waals surface area contributed by atoms with Gasteiger partial charge in [-0.05, 0) is 77.9 Å². The number of fused-ring (bicyclic) bond motifs is 6. The summed E-state index contributed by atoms with van der Waals surface area (Å²) in [6, 6.07) is 12.3. The summed E-state index contributed by atoms with van der Waals surface area (Å²) in [5, 5.41) is 11.9. The van der Waals surface area contributed by atoms with Crippen molar-refractivity contribution in [1.29, 1.82) is 0 Å². The highest BCUT2D eigenvalue weighted by Gasteiger charge is 2.47. The van der Waals surface area contributed by atoms with E-state index in [0.29, 0.717) is 69.5 Å². The maximum Gasteiger partial charge on any atom is 0.397 e. The zero-order chi connectivity index (χ0) is 42.9. The van der Waals surface area contributed by atoms with E-state index in [-0.39, 0.29) is 74.7 Å². The van der Waals surface area contributed by atoms with Gasteiger partial charge in [-0.25, -0.2) is 9.36 Å². The number of unbranched alkanes of at least 4 members (excludes halogenated alkanes) is 5. The van der Waals surface area contributed by atoms with Gasteiger partial charge in [0, 0.05) is 34.0 Å². The zero-order valence-corrected chi connectivity index (χ0v) is 36.5. The Hall–Kier alpha value is -3.09. The van der Waals surface area contributed by atoms with Crippen molar-refractivity contribution < 1.29 is 39.3 Å². The van der Waals surface area contributed by atoms with Crippen LogP contribution in [0.25, 0.3) is 32.5 Å². The first kappa shape index (κ1) is 43.6. The van der Waals surface area contributed by atoms with Crippen LogP contribution in [0.1, 0.15) is 96.8 Å². The SMILES string of the molecule is O=S(=O)(O)c1cc2c(s1)-c1c(c(C(CCCCCCCCC(c3nn(-c4ccc(Cl)cc4Cl)c4c3Cc3ccsc3-4)C(F)(F)F)C(F)(F)F)nn1-c1ccc(Cl)cc1Cl)C2. The van der Waals surface area contributed by atoms with Gasteiger partial charge in [0.15, 0.2) is 0 Å². The maximum atomic E-state index is 14.8. The molecular formula is C40H32Cl4F6N4O3S3. The second kappa shape index (κ2) is 16.6. The summed E-state index contributed by atoms with van der Waals surface area (Å²) in [6.07, 6.45) is -7.15. The first-order valence-corrected chi connectivity index (χ1v) is 23.4. The Morgan fingerprint density at radius 3 is 1.60 bits per heavy atom. The lowest BCUT2D eigenvalue weighted by Crippen LogP contribution is -2.23. The molecule has 2 aliphatic carbocycles. The van der Waals surface area contributed by atoms with E-state index in [2.05, 4.69) is 10.2 Å². The Morgan fingerprint density at radius 2 is 1.13 bits per heavy atom. The first-order valence-electron chi connectivity index (χ1n) is 18.8. The van der Waals surface area contributed by atoms with Crippen molar-refractivity contribution in [3.8, 4) is 32.5 Å². The van der Waals surface area contributed by atoms with Gasteiger partial charge in [0.1, 0.15) is 4.21 Å². The van der Waals surface area contributed by atoms with Crippen LogP contribution in [0.15, 0.2) is 58.1 Å². The molecule has 6 aromatic rings. The van der Waals surface area contributed by atoms with E-state index in [1.807, 2.05) is 11.4 Å². The van der Waals surface area contributed by atoms with Crippen molar-refractivity contribution in [2.45, 2.75) is 92.6 Å². The highest BCUT2D eigenvalue weighted by molar-refractivity contribution is 7.88. The van der Waals surface area contributed by atoms with Gasteiger partial charge in [0.25, 0.3) is 0 Å². The molecule has 2 atom stereocenters. The number of hydrogen-bond donors (Lipinski definition) is 1. The van der Waals surface area contributed by atoms with Crippen molar-refractivity contribution in [2.24, 2.45) is 0 Å². The zero-order valence-electron chi connectivity index (χ0n) is 31.0. The van der Waals surface area contributed by atoms with Gasteiger partial charge >= 0.3 is 22.5 Å². The van der Waals surface area contributed by atoms with Gasteiger partial charge in [-0.2, -0.15) is 45.0 Å². The molecule has 7 nitrogen and oxygen atoms in total. The summed E-state index contributed by atoms with van der Waals surface area (Å²) in [5.74, 6) is -3.79. The topological polar surface area (TPSA) is 90.0 Å². The summed E-state index contributed by atoms with van der Waals surface area (Å²) in [7, 11) is -4.57. The van der Waals surface area contributed by atoms with E-state index in [1.54, 1.807) is 12.1 Å². The molecule has 2 aromatic carbocycles. The Kier molecular flexibility index (Phi) is 12.0. The number of rotatable bonds is 14. The van der Waals surface area contributed by atoms with Crippen molar-refractivity contribution in [1.82, 2.24) is 19.6 Å². The van der Waals surface area contributed by atoms with Crippen LogP contribution in [-0.4, -0.2) is 44.9 Å². The molecule has 4 aromatic heterocycles. The highest BCUT2D eigenvalue weighted by atomic mass is 35.5. The molecule has 318 valence electrons. The molecule has 0 fully saturated rings. The van der Waals surface area contributed by atoms with Crippen LogP contribution in [0.2, 0.25) is 20.1 Å². The van der Waals surface area contributed by atoms with Gasteiger partial charge in [0.05, 0.1) is 65.8 Å². The minimum atomic E-state index is -4.68. The molecule has 0 aliphatic heterocycles. The smallest absolute Gasteiger partial charge is 0.281 e. The standard InChI is InChI=1S/C40H32Cl4F6N4O3S3/c41-22-9-11-30(28(43)18-22)53-35-24(15-20-13-14-58-37(20)35)33(51-53)26(39(45,46)47)7-5-3-1-2-4-6-8-27(40(48,49)50)34-25-16-21-17-32(60(55,56)57)59-38(21)36(25)54(52-34)31-12-10-23(42)19-29(31)44/h9-14,17-19,26-27H,1-8,15-16H2,(H,55,56,57).